The first-order valence-electron chi connectivity index (χ1n) is 5.14. The SMILES string of the molecule is Cc1nc2ccccc2n1Cc1cncs1. The van der Waals surface area contributed by atoms with Gasteiger partial charge in [-0.05, 0) is 19.1 Å². The van der Waals surface area contributed by atoms with Gasteiger partial charge in [-0.2, -0.15) is 0 Å². The van der Waals surface area contributed by atoms with E-state index < -0.39 is 0 Å². The first kappa shape index (κ1) is 9.54. The van der Waals surface area contributed by atoms with Crippen molar-refractivity contribution in [1.29, 1.82) is 0 Å². The van der Waals surface area contributed by atoms with Crippen molar-refractivity contribution in [3.8, 4) is 0 Å². The number of nitrogens with zero attached hydrogens (tertiary/aromatic N) is 3. The van der Waals surface area contributed by atoms with E-state index in [9.17, 15) is 0 Å². The third-order valence-electron chi connectivity index (χ3n) is 2.64. The average molecular weight is 229 g/mol. The standard InChI is InChI=1S/C12H11N3S/c1-9-14-11-4-2-3-5-12(11)15(9)7-10-6-13-8-16-10/h2-6,8H,7H2,1H3. The summed E-state index contributed by atoms with van der Waals surface area (Å²) in [5, 5.41) is 0. The van der Waals surface area contributed by atoms with Gasteiger partial charge in [-0.1, -0.05) is 12.1 Å². The molecular formula is C12H11N3S. The lowest BCUT2D eigenvalue weighted by molar-refractivity contribution is 0.795. The molecule has 0 saturated heterocycles. The fourth-order valence-electron chi connectivity index (χ4n) is 1.87. The summed E-state index contributed by atoms with van der Waals surface area (Å²) in [5.74, 6) is 1.05. The van der Waals surface area contributed by atoms with Crippen LogP contribution in [0.15, 0.2) is 36.0 Å². The normalized spacial score (nSPS) is 11.1. The maximum Gasteiger partial charge on any atom is 0.107 e. The maximum atomic E-state index is 4.54. The van der Waals surface area contributed by atoms with Gasteiger partial charge in [-0.15, -0.1) is 11.3 Å². The summed E-state index contributed by atoms with van der Waals surface area (Å²) in [6, 6.07) is 8.22. The van der Waals surface area contributed by atoms with Crippen LogP contribution in [-0.4, -0.2) is 14.5 Å². The van der Waals surface area contributed by atoms with Gasteiger partial charge in [-0.3, -0.25) is 4.98 Å². The topological polar surface area (TPSA) is 30.7 Å². The van der Waals surface area contributed by atoms with Crippen molar-refractivity contribution in [2.75, 3.05) is 0 Å². The zero-order valence-electron chi connectivity index (χ0n) is 8.92. The van der Waals surface area contributed by atoms with E-state index in [0.717, 1.165) is 17.9 Å². The number of hydrogen-bond acceptors (Lipinski definition) is 3. The highest BCUT2D eigenvalue weighted by atomic mass is 32.1. The minimum atomic E-state index is 0.858. The van der Waals surface area contributed by atoms with Gasteiger partial charge in [0.15, 0.2) is 0 Å². The molecule has 0 bridgehead atoms. The van der Waals surface area contributed by atoms with E-state index in [1.807, 2.05) is 36.8 Å². The van der Waals surface area contributed by atoms with Gasteiger partial charge in [0, 0.05) is 11.1 Å². The Morgan fingerprint density at radius 3 is 3.00 bits per heavy atom. The predicted molar refractivity (Wildman–Crippen MR) is 65.7 cm³/mol. The molecule has 0 aliphatic rings. The second-order valence-electron chi connectivity index (χ2n) is 3.70. The van der Waals surface area contributed by atoms with Crippen LogP contribution in [-0.2, 0) is 6.54 Å². The molecule has 80 valence electrons. The molecule has 0 aliphatic carbocycles. The van der Waals surface area contributed by atoms with Gasteiger partial charge >= 0.3 is 0 Å². The van der Waals surface area contributed by atoms with Crippen LogP contribution < -0.4 is 0 Å². The summed E-state index contributed by atoms with van der Waals surface area (Å²) in [5.41, 5.74) is 4.11. The number of aryl methyl sites for hydroxylation is 1. The van der Waals surface area contributed by atoms with Crippen molar-refractivity contribution >= 4 is 22.4 Å². The zero-order chi connectivity index (χ0) is 11.0. The van der Waals surface area contributed by atoms with Crippen LogP contribution in [0, 0.1) is 6.92 Å². The fourth-order valence-corrected chi connectivity index (χ4v) is 2.45. The molecule has 3 aromatic rings. The first-order valence-corrected chi connectivity index (χ1v) is 6.02. The van der Waals surface area contributed by atoms with Gasteiger partial charge in [-0.25, -0.2) is 4.98 Å². The first-order chi connectivity index (χ1) is 7.84. The molecule has 0 radical (unpaired) electrons. The quantitative estimate of drug-likeness (QED) is 0.676. The average Bonchev–Trinajstić information content (AvgIpc) is 2.89. The molecule has 4 heteroatoms. The molecule has 3 rings (SSSR count). The lowest BCUT2D eigenvalue weighted by atomic mass is 10.3. The summed E-state index contributed by atoms with van der Waals surface area (Å²) in [4.78, 5) is 9.89. The van der Waals surface area contributed by atoms with Crippen molar-refractivity contribution in [2.24, 2.45) is 0 Å². The zero-order valence-corrected chi connectivity index (χ0v) is 9.74. The van der Waals surface area contributed by atoms with E-state index >= 15 is 0 Å². The van der Waals surface area contributed by atoms with Crippen LogP contribution in [0.5, 0.6) is 0 Å². The van der Waals surface area contributed by atoms with Crippen LogP contribution in [0.2, 0.25) is 0 Å². The van der Waals surface area contributed by atoms with Crippen molar-refractivity contribution in [2.45, 2.75) is 13.5 Å². The minimum absolute atomic E-state index is 0.858. The Morgan fingerprint density at radius 2 is 2.19 bits per heavy atom. The monoisotopic (exact) mass is 229 g/mol. The Morgan fingerprint density at radius 1 is 1.31 bits per heavy atom. The molecule has 2 aromatic heterocycles. The Hall–Kier alpha value is -1.68. The Bertz CT molecular complexity index is 610. The molecule has 2 heterocycles. The van der Waals surface area contributed by atoms with E-state index in [1.54, 1.807) is 11.3 Å². The highest BCUT2D eigenvalue weighted by molar-refractivity contribution is 7.09. The second-order valence-corrected chi connectivity index (χ2v) is 4.67. The van der Waals surface area contributed by atoms with Gasteiger partial charge in [0.2, 0.25) is 0 Å². The molecule has 1 aromatic carbocycles. The van der Waals surface area contributed by atoms with Crippen LogP contribution in [0.1, 0.15) is 10.7 Å². The van der Waals surface area contributed by atoms with E-state index in [4.69, 9.17) is 0 Å². The molecular weight excluding hydrogens is 218 g/mol. The molecule has 0 amide bonds. The molecule has 0 unspecified atom stereocenters. The molecule has 0 N–H and O–H groups in total. The highest BCUT2D eigenvalue weighted by Crippen LogP contribution is 2.18. The third kappa shape index (κ3) is 1.51. The molecule has 3 nitrogen and oxygen atoms in total. The molecule has 16 heavy (non-hydrogen) atoms. The summed E-state index contributed by atoms with van der Waals surface area (Å²) < 4.78 is 2.23. The summed E-state index contributed by atoms with van der Waals surface area (Å²) in [6.07, 6.45) is 1.92. The number of thiazole rings is 1. The van der Waals surface area contributed by atoms with Crippen molar-refractivity contribution in [3.05, 3.63) is 46.7 Å². The summed E-state index contributed by atoms with van der Waals surface area (Å²) >= 11 is 1.68. The predicted octanol–water partition coefficient (Wildman–Crippen LogP) is 2.85. The van der Waals surface area contributed by atoms with E-state index in [1.165, 1.54) is 10.4 Å². The number of benzene rings is 1. The lowest BCUT2D eigenvalue weighted by Gasteiger charge is -2.03. The van der Waals surface area contributed by atoms with Crippen molar-refractivity contribution in [3.63, 3.8) is 0 Å². The van der Waals surface area contributed by atoms with Crippen LogP contribution in [0.4, 0.5) is 0 Å². The van der Waals surface area contributed by atoms with Gasteiger partial charge in [0.25, 0.3) is 0 Å². The minimum Gasteiger partial charge on any atom is -0.323 e. The number of hydrogen-bond donors (Lipinski definition) is 0. The molecule has 0 saturated carbocycles. The Kier molecular flexibility index (Phi) is 2.22. The number of fused-ring (bicyclic) bond motifs is 1. The third-order valence-corrected chi connectivity index (χ3v) is 3.41. The number of para-hydroxylation sites is 2. The van der Waals surface area contributed by atoms with E-state index in [2.05, 4.69) is 20.6 Å². The van der Waals surface area contributed by atoms with Crippen molar-refractivity contribution < 1.29 is 0 Å². The van der Waals surface area contributed by atoms with Crippen LogP contribution in [0.25, 0.3) is 11.0 Å². The Labute approximate surface area is 97.4 Å². The van der Waals surface area contributed by atoms with Crippen LogP contribution >= 0.6 is 11.3 Å². The number of imidazole rings is 1. The van der Waals surface area contributed by atoms with E-state index in [-0.39, 0.29) is 0 Å². The molecule has 0 spiro atoms. The van der Waals surface area contributed by atoms with Gasteiger partial charge in [0.1, 0.15) is 5.82 Å². The maximum absolute atomic E-state index is 4.54. The van der Waals surface area contributed by atoms with E-state index in [0.29, 0.717) is 0 Å². The smallest absolute Gasteiger partial charge is 0.107 e. The van der Waals surface area contributed by atoms with Crippen LogP contribution in [0.3, 0.4) is 0 Å². The summed E-state index contributed by atoms with van der Waals surface area (Å²) in [6.45, 7) is 2.90. The number of rotatable bonds is 2. The highest BCUT2D eigenvalue weighted by Gasteiger charge is 2.07. The number of aromatic nitrogens is 3. The molecule has 0 atom stereocenters. The van der Waals surface area contributed by atoms with Gasteiger partial charge < -0.3 is 4.57 Å². The van der Waals surface area contributed by atoms with Crippen molar-refractivity contribution in [1.82, 2.24) is 14.5 Å². The second kappa shape index (κ2) is 3.72. The Balaban J connectivity index is 2.12. The molecule has 0 fully saturated rings. The molecule has 0 aliphatic heterocycles. The fraction of sp³-hybridized carbons (Fsp3) is 0.167. The van der Waals surface area contributed by atoms with Gasteiger partial charge in [0.05, 0.1) is 23.1 Å². The lowest BCUT2D eigenvalue weighted by Crippen LogP contribution is -2.00. The largest absolute Gasteiger partial charge is 0.323 e. The summed E-state index contributed by atoms with van der Waals surface area (Å²) in [7, 11) is 0.